The summed E-state index contributed by atoms with van der Waals surface area (Å²) >= 11 is 0. The average Bonchev–Trinajstić information content (AvgIpc) is 2.50. The van der Waals surface area contributed by atoms with Crippen LogP contribution in [0.1, 0.15) is 32.4 Å². The number of unbranched alkanes of at least 4 members (excludes halogenated alkanes) is 1. The van der Waals surface area contributed by atoms with Crippen molar-refractivity contribution in [2.45, 2.75) is 33.6 Å². The highest BCUT2D eigenvalue weighted by Gasteiger charge is 2.09. The second-order valence-electron chi connectivity index (χ2n) is 5.26. The Labute approximate surface area is 131 Å². The fourth-order valence-electron chi connectivity index (χ4n) is 2.22. The van der Waals surface area contributed by atoms with E-state index in [1.165, 1.54) is 12.1 Å². The number of nitrogens with zero attached hydrogens (tertiary/aromatic N) is 3. The molecule has 0 unspecified atom stereocenters. The van der Waals surface area contributed by atoms with Crippen molar-refractivity contribution in [3.63, 3.8) is 0 Å². The van der Waals surface area contributed by atoms with Gasteiger partial charge in [-0.05, 0) is 44.5 Å². The molecule has 0 atom stereocenters. The van der Waals surface area contributed by atoms with Crippen LogP contribution < -0.4 is 10.2 Å². The van der Waals surface area contributed by atoms with E-state index in [0.717, 1.165) is 43.1 Å². The first kappa shape index (κ1) is 16.2. The number of benzene rings is 1. The standard InChI is InChI=1S/C17H23FN4/c1-4-6-11-22(5-2)16-12-13(3)19-17(21-16)20-15-9-7-14(18)8-10-15/h7-10,12H,4-6,11H2,1-3H3,(H,19,20,21). The molecule has 4 nitrogen and oxygen atoms in total. The molecule has 5 heteroatoms. The highest BCUT2D eigenvalue weighted by Crippen LogP contribution is 2.19. The van der Waals surface area contributed by atoms with Crippen LogP contribution in [0.4, 0.5) is 21.8 Å². The number of aromatic nitrogens is 2. The Morgan fingerprint density at radius 1 is 1.14 bits per heavy atom. The van der Waals surface area contributed by atoms with Gasteiger partial charge in [-0.15, -0.1) is 0 Å². The van der Waals surface area contributed by atoms with Crippen LogP contribution in [0, 0.1) is 12.7 Å². The minimum atomic E-state index is -0.256. The van der Waals surface area contributed by atoms with E-state index >= 15 is 0 Å². The molecule has 0 aliphatic rings. The fourth-order valence-corrected chi connectivity index (χ4v) is 2.22. The molecule has 0 saturated heterocycles. The van der Waals surface area contributed by atoms with Crippen LogP contribution in [-0.4, -0.2) is 23.1 Å². The normalized spacial score (nSPS) is 10.5. The molecular formula is C17H23FN4. The van der Waals surface area contributed by atoms with Gasteiger partial charge in [0.2, 0.25) is 5.95 Å². The molecule has 0 aliphatic heterocycles. The predicted octanol–water partition coefficient (Wildman–Crippen LogP) is 4.29. The summed E-state index contributed by atoms with van der Waals surface area (Å²) in [5.41, 5.74) is 1.68. The Bertz CT molecular complexity index is 598. The van der Waals surface area contributed by atoms with Gasteiger partial charge in [0.15, 0.2) is 0 Å². The maximum atomic E-state index is 13.0. The van der Waals surface area contributed by atoms with Gasteiger partial charge in [0, 0.05) is 30.5 Å². The molecule has 22 heavy (non-hydrogen) atoms. The van der Waals surface area contributed by atoms with Crippen molar-refractivity contribution in [1.29, 1.82) is 0 Å². The van der Waals surface area contributed by atoms with E-state index in [1.807, 2.05) is 13.0 Å². The van der Waals surface area contributed by atoms with E-state index in [4.69, 9.17) is 0 Å². The quantitative estimate of drug-likeness (QED) is 0.828. The molecule has 118 valence electrons. The SMILES string of the molecule is CCCCN(CC)c1cc(C)nc(Nc2ccc(F)cc2)n1. The van der Waals surface area contributed by atoms with E-state index in [1.54, 1.807) is 12.1 Å². The lowest BCUT2D eigenvalue weighted by Crippen LogP contribution is -2.25. The summed E-state index contributed by atoms with van der Waals surface area (Å²) in [6.07, 6.45) is 2.29. The van der Waals surface area contributed by atoms with Crippen molar-refractivity contribution in [3.05, 3.63) is 41.8 Å². The highest BCUT2D eigenvalue weighted by molar-refractivity contribution is 5.55. The third kappa shape index (κ3) is 4.41. The maximum absolute atomic E-state index is 13.0. The van der Waals surface area contributed by atoms with Crippen molar-refractivity contribution < 1.29 is 4.39 Å². The summed E-state index contributed by atoms with van der Waals surface area (Å²) in [6.45, 7) is 8.15. The molecule has 0 spiro atoms. The van der Waals surface area contributed by atoms with Crippen molar-refractivity contribution in [3.8, 4) is 0 Å². The predicted molar refractivity (Wildman–Crippen MR) is 89.2 cm³/mol. The third-order valence-corrected chi connectivity index (χ3v) is 3.43. The van der Waals surface area contributed by atoms with Crippen molar-refractivity contribution in [2.75, 3.05) is 23.3 Å². The molecule has 0 aliphatic carbocycles. The van der Waals surface area contributed by atoms with Gasteiger partial charge in [-0.2, -0.15) is 4.98 Å². The Morgan fingerprint density at radius 2 is 1.86 bits per heavy atom. The second kappa shape index (κ2) is 7.73. The number of anilines is 3. The summed E-state index contributed by atoms with van der Waals surface area (Å²) in [5.74, 6) is 1.21. The van der Waals surface area contributed by atoms with Crippen LogP contribution in [-0.2, 0) is 0 Å². The van der Waals surface area contributed by atoms with E-state index < -0.39 is 0 Å². The number of hydrogen-bond donors (Lipinski definition) is 1. The minimum Gasteiger partial charge on any atom is -0.357 e. The largest absolute Gasteiger partial charge is 0.357 e. The highest BCUT2D eigenvalue weighted by atomic mass is 19.1. The number of nitrogens with one attached hydrogen (secondary N) is 1. The van der Waals surface area contributed by atoms with Gasteiger partial charge < -0.3 is 10.2 Å². The molecule has 1 heterocycles. The monoisotopic (exact) mass is 302 g/mol. The summed E-state index contributed by atoms with van der Waals surface area (Å²) in [7, 11) is 0. The van der Waals surface area contributed by atoms with Gasteiger partial charge in [-0.1, -0.05) is 13.3 Å². The molecule has 1 aromatic carbocycles. The van der Waals surface area contributed by atoms with Crippen LogP contribution in [0.3, 0.4) is 0 Å². The Balaban J connectivity index is 2.20. The lowest BCUT2D eigenvalue weighted by molar-refractivity contribution is 0.628. The third-order valence-electron chi connectivity index (χ3n) is 3.43. The molecule has 2 rings (SSSR count). The molecule has 1 N–H and O–H groups in total. The average molecular weight is 302 g/mol. The van der Waals surface area contributed by atoms with Gasteiger partial charge in [-0.3, -0.25) is 0 Å². The first-order chi connectivity index (χ1) is 10.6. The molecule has 2 aromatic rings. The van der Waals surface area contributed by atoms with Crippen molar-refractivity contribution in [2.24, 2.45) is 0 Å². The summed E-state index contributed by atoms with van der Waals surface area (Å²) < 4.78 is 13.0. The molecule has 0 fully saturated rings. The minimum absolute atomic E-state index is 0.256. The summed E-state index contributed by atoms with van der Waals surface area (Å²) in [5, 5.41) is 3.13. The maximum Gasteiger partial charge on any atom is 0.229 e. The van der Waals surface area contributed by atoms with Crippen LogP contribution in [0.2, 0.25) is 0 Å². The topological polar surface area (TPSA) is 41.1 Å². The number of hydrogen-bond acceptors (Lipinski definition) is 4. The Hall–Kier alpha value is -2.17. The van der Waals surface area contributed by atoms with Crippen LogP contribution in [0.25, 0.3) is 0 Å². The van der Waals surface area contributed by atoms with Crippen molar-refractivity contribution >= 4 is 17.5 Å². The van der Waals surface area contributed by atoms with Gasteiger partial charge in [-0.25, -0.2) is 9.37 Å². The van der Waals surface area contributed by atoms with Gasteiger partial charge in [0.05, 0.1) is 0 Å². The zero-order valence-electron chi connectivity index (χ0n) is 13.4. The number of aryl methyl sites for hydroxylation is 1. The number of halogens is 1. The molecule has 1 aromatic heterocycles. The van der Waals surface area contributed by atoms with Crippen LogP contribution >= 0.6 is 0 Å². The molecule has 0 saturated carbocycles. The van der Waals surface area contributed by atoms with E-state index in [2.05, 4.69) is 34.0 Å². The first-order valence-electron chi connectivity index (χ1n) is 7.75. The van der Waals surface area contributed by atoms with Gasteiger partial charge in [0.25, 0.3) is 0 Å². The smallest absolute Gasteiger partial charge is 0.229 e. The van der Waals surface area contributed by atoms with E-state index in [9.17, 15) is 4.39 Å². The fraction of sp³-hybridized carbons (Fsp3) is 0.412. The molecule has 0 radical (unpaired) electrons. The summed E-state index contributed by atoms with van der Waals surface area (Å²) in [4.78, 5) is 11.2. The Morgan fingerprint density at radius 3 is 2.50 bits per heavy atom. The lowest BCUT2D eigenvalue weighted by atomic mass is 10.3. The van der Waals surface area contributed by atoms with Gasteiger partial charge >= 0.3 is 0 Å². The summed E-state index contributed by atoms with van der Waals surface area (Å²) in [6, 6.07) is 8.18. The zero-order valence-corrected chi connectivity index (χ0v) is 13.4. The molecule has 0 amide bonds. The van der Waals surface area contributed by atoms with Crippen LogP contribution in [0.15, 0.2) is 30.3 Å². The molecular weight excluding hydrogens is 279 g/mol. The lowest BCUT2D eigenvalue weighted by Gasteiger charge is -2.22. The van der Waals surface area contributed by atoms with Gasteiger partial charge in [0.1, 0.15) is 11.6 Å². The first-order valence-corrected chi connectivity index (χ1v) is 7.75. The van der Waals surface area contributed by atoms with Crippen molar-refractivity contribution in [1.82, 2.24) is 9.97 Å². The number of rotatable bonds is 7. The van der Waals surface area contributed by atoms with E-state index in [0.29, 0.717) is 5.95 Å². The van der Waals surface area contributed by atoms with Crippen LogP contribution in [0.5, 0.6) is 0 Å². The molecule has 0 bridgehead atoms. The zero-order chi connectivity index (χ0) is 15.9. The van der Waals surface area contributed by atoms with E-state index in [-0.39, 0.29) is 5.82 Å². The second-order valence-corrected chi connectivity index (χ2v) is 5.26. The Kier molecular flexibility index (Phi) is 5.69.